The molecule has 0 saturated carbocycles. The molecule has 0 atom stereocenters. The molecule has 4 nitrogen and oxygen atoms in total. The predicted molar refractivity (Wildman–Crippen MR) is 121 cm³/mol. The minimum absolute atomic E-state index is 0.0299. The molecule has 0 aliphatic carbocycles. The van der Waals surface area contributed by atoms with E-state index in [1.165, 1.54) is 32.1 Å². The number of carbonyl (C=O) groups excluding carboxylic acids is 1. The lowest BCUT2D eigenvalue weighted by Gasteiger charge is -2.06. The maximum atomic E-state index is 11.8. The molecular weight excluding hydrogens is 384 g/mol. The first-order valence-corrected chi connectivity index (χ1v) is 10.8. The molecule has 0 aliphatic heterocycles. The average Bonchev–Trinajstić information content (AvgIpc) is 2.73. The number of unbranched alkanes of at least 4 members (excludes halogenated alkanes) is 6. The number of carbonyl (C=O) groups is 1. The maximum Gasteiger partial charge on any atom is 0.240 e. The van der Waals surface area contributed by atoms with E-state index in [2.05, 4.69) is 17.5 Å². The molecule has 2 aromatic carbocycles. The van der Waals surface area contributed by atoms with Gasteiger partial charge in [-0.1, -0.05) is 69.2 Å². The van der Waals surface area contributed by atoms with Gasteiger partial charge in [0, 0.05) is 11.4 Å². The van der Waals surface area contributed by atoms with Gasteiger partial charge < -0.3 is 4.74 Å². The van der Waals surface area contributed by atoms with Crippen LogP contribution in [-0.2, 0) is 11.4 Å². The summed E-state index contributed by atoms with van der Waals surface area (Å²) < 4.78 is 5.76. The summed E-state index contributed by atoms with van der Waals surface area (Å²) in [6.07, 6.45) is 10.6. The zero-order valence-corrected chi connectivity index (χ0v) is 18.0. The first-order chi connectivity index (χ1) is 14.2. The molecule has 0 radical (unpaired) electrons. The maximum absolute atomic E-state index is 11.8. The third-order valence-electron chi connectivity index (χ3n) is 4.61. The van der Waals surface area contributed by atoms with Crippen LogP contribution in [0.25, 0.3) is 0 Å². The van der Waals surface area contributed by atoms with E-state index in [4.69, 9.17) is 16.3 Å². The molecule has 0 fully saturated rings. The van der Waals surface area contributed by atoms with Crippen molar-refractivity contribution in [1.29, 1.82) is 0 Å². The van der Waals surface area contributed by atoms with E-state index in [1.54, 1.807) is 6.21 Å². The number of hydrogen-bond acceptors (Lipinski definition) is 3. The number of hydrazone groups is 1. The normalized spacial score (nSPS) is 11.0. The largest absolute Gasteiger partial charge is 0.489 e. The second-order valence-electron chi connectivity index (χ2n) is 7.15. The molecule has 0 heterocycles. The zero-order valence-electron chi connectivity index (χ0n) is 17.2. The van der Waals surface area contributed by atoms with Crippen molar-refractivity contribution < 1.29 is 9.53 Å². The van der Waals surface area contributed by atoms with Crippen LogP contribution in [0.5, 0.6) is 5.75 Å². The van der Waals surface area contributed by atoms with Crippen molar-refractivity contribution in [2.75, 3.05) is 0 Å². The summed E-state index contributed by atoms with van der Waals surface area (Å²) in [5.41, 5.74) is 4.56. The SMILES string of the molecule is CCCCCCCCCC(=O)N/N=C\c1ccc(OCc2ccc(Cl)cc2)cc1. The van der Waals surface area contributed by atoms with Crippen LogP contribution >= 0.6 is 11.6 Å². The molecule has 1 amide bonds. The van der Waals surface area contributed by atoms with E-state index in [-0.39, 0.29) is 5.91 Å². The first kappa shape index (κ1) is 23.0. The minimum Gasteiger partial charge on any atom is -0.489 e. The summed E-state index contributed by atoms with van der Waals surface area (Å²) in [6, 6.07) is 15.2. The number of ether oxygens (including phenoxy) is 1. The molecule has 0 aromatic heterocycles. The van der Waals surface area contributed by atoms with Crippen molar-refractivity contribution in [3.8, 4) is 5.75 Å². The van der Waals surface area contributed by atoms with Gasteiger partial charge >= 0.3 is 0 Å². The molecular formula is C24H31ClN2O2. The van der Waals surface area contributed by atoms with Gasteiger partial charge in [0.1, 0.15) is 12.4 Å². The lowest BCUT2D eigenvalue weighted by molar-refractivity contribution is -0.121. The average molecular weight is 415 g/mol. The molecule has 0 aliphatic rings. The Balaban J connectivity index is 1.62. The van der Waals surface area contributed by atoms with Gasteiger partial charge in [-0.25, -0.2) is 5.43 Å². The topological polar surface area (TPSA) is 50.7 Å². The van der Waals surface area contributed by atoms with Crippen molar-refractivity contribution in [3.05, 3.63) is 64.7 Å². The standard InChI is InChI=1S/C24H31ClN2O2/c1-2-3-4-5-6-7-8-9-24(28)27-26-18-20-12-16-23(17-13-20)29-19-21-10-14-22(25)15-11-21/h10-18H,2-9,19H2,1H3,(H,27,28)/b26-18-. The second kappa shape index (κ2) is 13.8. The van der Waals surface area contributed by atoms with Gasteiger partial charge in [-0.15, -0.1) is 0 Å². The van der Waals surface area contributed by atoms with Crippen LogP contribution in [0, 0.1) is 0 Å². The summed E-state index contributed by atoms with van der Waals surface area (Å²) in [6.45, 7) is 2.70. The molecule has 29 heavy (non-hydrogen) atoms. The van der Waals surface area contributed by atoms with Crippen molar-refractivity contribution in [2.45, 2.75) is 64.9 Å². The molecule has 2 aromatic rings. The first-order valence-electron chi connectivity index (χ1n) is 10.5. The smallest absolute Gasteiger partial charge is 0.240 e. The third kappa shape index (κ3) is 10.1. The Hall–Kier alpha value is -2.33. The molecule has 0 bridgehead atoms. The lowest BCUT2D eigenvalue weighted by Crippen LogP contribution is -2.16. The summed E-state index contributed by atoms with van der Waals surface area (Å²) in [4.78, 5) is 11.8. The fraction of sp³-hybridized carbons (Fsp3) is 0.417. The van der Waals surface area contributed by atoms with E-state index in [0.29, 0.717) is 18.1 Å². The van der Waals surface area contributed by atoms with Crippen LogP contribution in [-0.4, -0.2) is 12.1 Å². The lowest BCUT2D eigenvalue weighted by atomic mass is 10.1. The molecule has 5 heteroatoms. The Bertz CT molecular complexity index is 742. The van der Waals surface area contributed by atoms with E-state index in [0.717, 1.165) is 29.7 Å². The quantitative estimate of drug-likeness (QED) is 0.231. The van der Waals surface area contributed by atoms with Crippen molar-refractivity contribution in [3.63, 3.8) is 0 Å². The zero-order chi connectivity index (χ0) is 20.7. The molecule has 156 valence electrons. The number of benzene rings is 2. The third-order valence-corrected chi connectivity index (χ3v) is 4.86. The van der Waals surface area contributed by atoms with Gasteiger partial charge in [0.15, 0.2) is 0 Å². The Labute approximate surface area is 179 Å². The van der Waals surface area contributed by atoms with Crippen LogP contribution in [0.15, 0.2) is 53.6 Å². The molecule has 2 rings (SSSR count). The summed E-state index contributed by atoms with van der Waals surface area (Å²) in [5, 5.41) is 4.75. The monoisotopic (exact) mass is 414 g/mol. The minimum atomic E-state index is -0.0299. The van der Waals surface area contributed by atoms with Crippen LogP contribution in [0.3, 0.4) is 0 Å². The van der Waals surface area contributed by atoms with E-state index in [1.807, 2.05) is 48.5 Å². The van der Waals surface area contributed by atoms with Crippen LogP contribution in [0.2, 0.25) is 5.02 Å². The van der Waals surface area contributed by atoms with Gasteiger partial charge in [-0.05, 0) is 53.9 Å². The summed E-state index contributed by atoms with van der Waals surface area (Å²) in [5.74, 6) is 0.748. The Morgan fingerprint density at radius 1 is 0.966 bits per heavy atom. The van der Waals surface area contributed by atoms with E-state index >= 15 is 0 Å². The van der Waals surface area contributed by atoms with Crippen molar-refractivity contribution in [2.24, 2.45) is 5.10 Å². The highest BCUT2D eigenvalue weighted by Crippen LogP contribution is 2.15. The molecule has 0 spiro atoms. The summed E-state index contributed by atoms with van der Waals surface area (Å²) >= 11 is 5.88. The number of amides is 1. The fourth-order valence-electron chi connectivity index (χ4n) is 2.87. The van der Waals surface area contributed by atoms with Crippen molar-refractivity contribution in [1.82, 2.24) is 5.43 Å². The van der Waals surface area contributed by atoms with E-state index < -0.39 is 0 Å². The number of halogens is 1. The number of nitrogens with zero attached hydrogens (tertiary/aromatic N) is 1. The number of hydrogen-bond donors (Lipinski definition) is 1. The van der Waals surface area contributed by atoms with Gasteiger partial charge in [0.25, 0.3) is 0 Å². The van der Waals surface area contributed by atoms with Gasteiger partial charge in [0.05, 0.1) is 6.21 Å². The predicted octanol–water partition coefficient (Wildman–Crippen LogP) is 6.51. The Kier molecular flexibility index (Phi) is 10.9. The molecule has 0 unspecified atom stereocenters. The number of nitrogens with one attached hydrogen (secondary N) is 1. The van der Waals surface area contributed by atoms with Gasteiger partial charge in [-0.2, -0.15) is 5.10 Å². The highest BCUT2D eigenvalue weighted by atomic mass is 35.5. The molecule has 1 N–H and O–H groups in total. The number of rotatable bonds is 13. The van der Waals surface area contributed by atoms with Gasteiger partial charge in [0.2, 0.25) is 5.91 Å². The van der Waals surface area contributed by atoms with Gasteiger partial charge in [-0.3, -0.25) is 4.79 Å². The Morgan fingerprint density at radius 3 is 2.31 bits per heavy atom. The van der Waals surface area contributed by atoms with Crippen LogP contribution < -0.4 is 10.2 Å². The molecule has 0 saturated heterocycles. The highest BCUT2D eigenvalue weighted by molar-refractivity contribution is 6.30. The second-order valence-corrected chi connectivity index (χ2v) is 7.59. The van der Waals surface area contributed by atoms with E-state index in [9.17, 15) is 4.79 Å². The van der Waals surface area contributed by atoms with Crippen molar-refractivity contribution >= 4 is 23.7 Å². The van der Waals surface area contributed by atoms with Crippen LogP contribution in [0.4, 0.5) is 0 Å². The summed E-state index contributed by atoms with van der Waals surface area (Å²) in [7, 11) is 0. The Morgan fingerprint density at radius 2 is 1.62 bits per heavy atom. The van der Waals surface area contributed by atoms with Crippen LogP contribution in [0.1, 0.15) is 69.4 Å². The fourth-order valence-corrected chi connectivity index (χ4v) is 3.00. The highest BCUT2D eigenvalue weighted by Gasteiger charge is 2.00.